The topological polar surface area (TPSA) is 82.8 Å². The van der Waals surface area contributed by atoms with Crippen molar-refractivity contribution >= 4 is 11.8 Å². The van der Waals surface area contributed by atoms with Crippen molar-refractivity contribution in [2.75, 3.05) is 20.1 Å². The predicted octanol–water partition coefficient (Wildman–Crippen LogP) is 4.70. The van der Waals surface area contributed by atoms with Crippen molar-refractivity contribution in [2.24, 2.45) is 5.41 Å². The Kier molecular flexibility index (Phi) is 9.18. The summed E-state index contributed by atoms with van der Waals surface area (Å²) >= 11 is 0. The molecule has 8 heteroatoms. The highest BCUT2D eigenvalue weighted by Crippen LogP contribution is 2.31. The number of nitrogens with zero attached hydrogens (tertiary/aromatic N) is 3. The summed E-state index contributed by atoms with van der Waals surface area (Å²) in [6.07, 6.45) is 4.90. The number of benzene rings is 1. The Bertz CT molecular complexity index is 1210. The van der Waals surface area contributed by atoms with Gasteiger partial charge in [-0.15, -0.1) is 0 Å². The molecular weight excluding hydrogens is 485 g/mol. The van der Waals surface area contributed by atoms with Crippen LogP contribution in [0.3, 0.4) is 0 Å². The van der Waals surface area contributed by atoms with Gasteiger partial charge in [0, 0.05) is 55.0 Å². The molecule has 0 saturated carbocycles. The highest BCUT2D eigenvalue weighted by atomic mass is 19.1. The van der Waals surface area contributed by atoms with E-state index >= 15 is 0 Å². The molecule has 0 aliphatic carbocycles. The lowest BCUT2D eigenvalue weighted by Crippen LogP contribution is -2.52. The second-order valence-electron chi connectivity index (χ2n) is 11.6. The second kappa shape index (κ2) is 11.8. The van der Waals surface area contributed by atoms with Crippen LogP contribution in [0.4, 0.5) is 4.39 Å². The van der Waals surface area contributed by atoms with Gasteiger partial charge in [-0.1, -0.05) is 51.8 Å². The number of unbranched alkanes of at least 4 members (excludes halogenated alkanes) is 1. The van der Waals surface area contributed by atoms with Gasteiger partial charge in [-0.2, -0.15) is 0 Å². The fraction of sp³-hybridized carbons (Fsp3) is 0.567. The van der Waals surface area contributed by atoms with Gasteiger partial charge in [0.05, 0.1) is 17.7 Å². The molecule has 208 valence electrons. The Morgan fingerprint density at radius 2 is 1.79 bits per heavy atom. The molecule has 0 unspecified atom stereocenters. The number of hydrogen-bond acceptors (Lipinski definition) is 4. The van der Waals surface area contributed by atoms with Crippen LogP contribution >= 0.6 is 0 Å². The molecule has 38 heavy (non-hydrogen) atoms. The largest absolute Gasteiger partial charge is 0.388 e. The number of aromatic nitrogens is 1. The van der Waals surface area contributed by atoms with Crippen LogP contribution < -0.4 is 5.56 Å². The molecule has 2 heterocycles. The highest BCUT2D eigenvalue weighted by molar-refractivity contribution is 6.00. The number of pyridine rings is 1. The smallest absolute Gasteiger partial charge is 0.255 e. The summed E-state index contributed by atoms with van der Waals surface area (Å²) in [6, 6.07) is 7.22. The molecule has 0 atom stereocenters. The maximum atomic E-state index is 14.7. The SMILES string of the molecule is CCCCC(C)(C)C(=O)N1CCC(O)(Cn2cc(C(=O)N(C)C(C)C)c(-c3ccccc3F)cc2=O)CC1. The van der Waals surface area contributed by atoms with Crippen molar-refractivity contribution < 1.29 is 19.1 Å². The van der Waals surface area contributed by atoms with Gasteiger partial charge in [0.25, 0.3) is 11.5 Å². The standard InChI is InChI=1S/C30H42FN3O4/c1-7-8-13-29(4,5)28(37)33-16-14-30(38,15-17-33)20-34-19-24(27(36)32(6)21(2)3)23(18-26(34)35)22-11-9-10-12-25(22)31/h9-12,18-19,21,38H,7-8,13-17,20H2,1-6H3. The lowest BCUT2D eigenvalue weighted by Gasteiger charge is -2.41. The van der Waals surface area contributed by atoms with Gasteiger partial charge >= 0.3 is 0 Å². The molecule has 2 amide bonds. The Balaban J connectivity index is 1.88. The van der Waals surface area contributed by atoms with E-state index in [1.807, 2.05) is 27.7 Å². The third-order valence-corrected chi connectivity index (χ3v) is 7.80. The fourth-order valence-corrected chi connectivity index (χ4v) is 4.95. The van der Waals surface area contributed by atoms with Crippen molar-refractivity contribution in [2.45, 2.75) is 84.9 Å². The average molecular weight is 528 g/mol. The number of rotatable bonds is 9. The van der Waals surface area contributed by atoms with Gasteiger partial charge < -0.3 is 19.5 Å². The summed E-state index contributed by atoms with van der Waals surface area (Å²) in [7, 11) is 1.66. The van der Waals surface area contributed by atoms with Gasteiger partial charge in [0.1, 0.15) is 5.82 Å². The predicted molar refractivity (Wildman–Crippen MR) is 147 cm³/mol. The van der Waals surface area contributed by atoms with Crippen LogP contribution in [0.2, 0.25) is 0 Å². The van der Waals surface area contributed by atoms with Crippen LogP contribution in [0.5, 0.6) is 0 Å². The third kappa shape index (κ3) is 6.52. The van der Waals surface area contributed by atoms with Crippen LogP contribution in [0.1, 0.15) is 77.1 Å². The summed E-state index contributed by atoms with van der Waals surface area (Å²) in [4.78, 5) is 43.0. The van der Waals surface area contributed by atoms with E-state index in [-0.39, 0.29) is 41.1 Å². The van der Waals surface area contributed by atoms with Gasteiger partial charge in [0.2, 0.25) is 5.91 Å². The summed E-state index contributed by atoms with van der Waals surface area (Å²) in [5.41, 5.74) is -1.50. The number of amides is 2. The molecule has 7 nitrogen and oxygen atoms in total. The van der Waals surface area contributed by atoms with Gasteiger partial charge in [0.15, 0.2) is 0 Å². The van der Waals surface area contributed by atoms with E-state index < -0.39 is 22.4 Å². The first-order valence-electron chi connectivity index (χ1n) is 13.6. The number of carbonyl (C=O) groups is 2. The fourth-order valence-electron chi connectivity index (χ4n) is 4.95. The molecule has 1 N–H and O–H groups in total. The average Bonchev–Trinajstić information content (AvgIpc) is 2.88. The molecular formula is C30H42FN3O4. The summed E-state index contributed by atoms with van der Waals surface area (Å²) in [5.74, 6) is -0.777. The van der Waals surface area contributed by atoms with E-state index in [2.05, 4.69) is 6.92 Å². The van der Waals surface area contributed by atoms with E-state index in [1.54, 1.807) is 30.1 Å². The third-order valence-electron chi connectivity index (χ3n) is 7.80. The Labute approximate surface area is 225 Å². The molecule has 0 spiro atoms. The first-order valence-corrected chi connectivity index (χ1v) is 13.6. The minimum absolute atomic E-state index is 0.0175. The molecule has 0 radical (unpaired) electrons. The normalized spacial score (nSPS) is 15.6. The van der Waals surface area contributed by atoms with Crippen LogP contribution in [0.25, 0.3) is 11.1 Å². The zero-order chi connectivity index (χ0) is 28.3. The first-order chi connectivity index (χ1) is 17.8. The van der Waals surface area contributed by atoms with E-state index in [1.165, 1.54) is 27.8 Å². The zero-order valence-corrected chi connectivity index (χ0v) is 23.6. The summed E-state index contributed by atoms with van der Waals surface area (Å²) in [6.45, 7) is 10.6. The van der Waals surface area contributed by atoms with Crippen molar-refractivity contribution in [3.8, 4) is 11.1 Å². The maximum absolute atomic E-state index is 14.7. The molecule has 3 rings (SSSR count). The van der Waals surface area contributed by atoms with Crippen molar-refractivity contribution in [3.05, 3.63) is 58.3 Å². The van der Waals surface area contributed by atoms with Gasteiger partial charge in [-0.25, -0.2) is 4.39 Å². The first kappa shape index (κ1) is 29.6. The quantitative estimate of drug-likeness (QED) is 0.512. The number of carbonyl (C=O) groups excluding carboxylic acids is 2. The van der Waals surface area contributed by atoms with Crippen LogP contribution in [-0.2, 0) is 11.3 Å². The zero-order valence-electron chi connectivity index (χ0n) is 23.6. The van der Waals surface area contributed by atoms with Crippen molar-refractivity contribution in [1.82, 2.24) is 14.4 Å². The Hall–Kier alpha value is -3.00. The minimum atomic E-state index is -1.21. The number of likely N-dealkylation sites (tertiary alicyclic amines) is 1. The molecule has 1 aliphatic rings. The molecule has 0 bridgehead atoms. The van der Waals surface area contributed by atoms with E-state index in [4.69, 9.17) is 0 Å². The molecule has 1 fully saturated rings. The number of aliphatic hydroxyl groups is 1. The summed E-state index contributed by atoms with van der Waals surface area (Å²) in [5, 5.41) is 11.4. The molecule has 1 aromatic heterocycles. The van der Waals surface area contributed by atoms with E-state index in [0.29, 0.717) is 25.9 Å². The Morgan fingerprint density at radius 1 is 1.16 bits per heavy atom. The van der Waals surface area contributed by atoms with Gasteiger partial charge in [-0.3, -0.25) is 14.4 Å². The van der Waals surface area contributed by atoms with Crippen molar-refractivity contribution in [3.63, 3.8) is 0 Å². The van der Waals surface area contributed by atoms with Crippen LogP contribution in [-0.4, -0.2) is 63.1 Å². The van der Waals surface area contributed by atoms with Crippen LogP contribution in [0.15, 0.2) is 41.3 Å². The molecule has 1 aromatic carbocycles. The summed E-state index contributed by atoms with van der Waals surface area (Å²) < 4.78 is 16.0. The Morgan fingerprint density at radius 3 is 2.37 bits per heavy atom. The second-order valence-corrected chi connectivity index (χ2v) is 11.6. The molecule has 1 saturated heterocycles. The monoisotopic (exact) mass is 527 g/mol. The highest BCUT2D eigenvalue weighted by Gasteiger charge is 2.39. The van der Waals surface area contributed by atoms with Gasteiger partial charge in [-0.05, 0) is 39.2 Å². The number of piperidine rings is 1. The van der Waals surface area contributed by atoms with Crippen molar-refractivity contribution in [1.29, 1.82) is 0 Å². The van der Waals surface area contributed by atoms with E-state index in [9.17, 15) is 23.9 Å². The van der Waals surface area contributed by atoms with Crippen LogP contribution in [0, 0.1) is 11.2 Å². The number of hydrogen-bond donors (Lipinski definition) is 1. The number of halogens is 1. The minimum Gasteiger partial charge on any atom is -0.388 e. The van der Waals surface area contributed by atoms with E-state index in [0.717, 1.165) is 19.3 Å². The lowest BCUT2D eigenvalue weighted by molar-refractivity contribution is -0.145. The lowest BCUT2D eigenvalue weighted by atomic mass is 9.83. The molecule has 2 aromatic rings. The maximum Gasteiger partial charge on any atom is 0.255 e. The molecule has 1 aliphatic heterocycles.